The summed E-state index contributed by atoms with van der Waals surface area (Å²) in [5.74, 6) is 1.42. The summed E-state index contributed by atoms with van der Waals surface area (Å²) in [6.07, 6.45) is 0. The molecule has 4 N–H and O–H groups in total. The van der Waals surface area contributed by atoms with Crippen LogP contribution in [0.5, 0.6) is 5.75 Å². The van der Waals surface area contributed by atoms with Gasteiger partial charge in [0, 0.05) is 16.5 Å². The summed E-state index contributed by atoms with van der Waals surface area (Å²) in [5.41, 5.74) is 6.83. The third-order valence-electron chi connectivity index (χ3n) is 4.88. The molecule has 9 heteroatoms. The monoisotopic (exact) mass is 420 g/mol. The number of hydrogen-bond acceptors (Lipinski definition) is 8. The molecule has 9 nitrogen and oxygen atoms in total. The number of fused-ring (bicyclic) bond motifs is 1. The summed E-state index contributed by atoms with van der Waals surface area (Å²) in [6, 6.07) is 12.1. The van der Waals surface area contributed by atoms with Crippen LogP contribution in [0.25, 0.3) is 38.7 Å². The van der Waals surface area contributed by atoms with E-state index in [1.54, 1.807) is 42.5 Å². The molecule has 0 amide bonds. The van der Waals surface area contributed by atoms with E-state index in [9.17, 15) is 10.2 Å². The van der Waals surface area contributed by atoms with E-state index in [-0.39, 0.29) is 11.7 Å². The van der Waals surface area contributed by atoms with E-state index in [4.69, 9.17) is 26.0 Å². The molecule has 0 aliphatic heterocycles. The highest BCUT2D eigenvalue weighted by Gasteiger charge is 2.30. The van der Waals surface area contributed by atoms with Crippen molar-refractivity contribution in [3.63, 3.8) is 0 Å². The lowest BCUT2D eigenvalue weighted by molar-refractivity contribution is 0.105. The fraction of sp³-hybridized carbons (Fsp3) is 0.227. The van der Waals surface area contributed by atoms with E-state index in [1.165, 1.54) is 0 Å². The van der Waals surface area contributed by atoms with Crippen LogP contribution in [0.2, 0.25) is 0 Å². The minimum absolute atomic E-state index is 0.275. The van der Waals surface area contributed by atoms with Crippen LogP contribution in [-0.4, -0.2) is 40.2 Å². The Labute approximate surface area is 177 Å². The van der Waals surface area contributed by atoms with Gasteiger partial charge in [0.1, 0.15) is 22.6 Å². The van der Waals surface area contributed by atoms with E-state index < -0.39 is 18.8 Å². The zero-order valence-electron chi connectivity index (χ0n) is 16.7. The number of benzene rings is 2. The maximum atomic E-state index is 9.49. The highest BCUT2D eigenvalue weighted by atomic mass is 16.5. The molecule has 2 aromatic carbocycles. The average molecular weight is 420 g/mol. The van der Waals surface area contributed by atoms with Gasteiger partial charge >= 0.3 is 0 Å². The summed E-state index contributed by atoms with van der Waals surface area (Å²) in [5, 5.41) is 23.7. The van der Waals surface area contributed by atoms with Crippen molar-refractivity contribution >= 4 is 16.7 Å². The van der Waals surface area contributed by atoms with Gasteiger partial charge in [0.15, 0.2) is 0 Å². The molecule has 31 heavy (non-hydrogen) atoms. The first-order valence-corrected chi connectivity index (χ1v) is 9.54. The number of aromatic nitrogens is 2. The number of aliphatic hydroxyl groups excluding tert-OH is 2. The predicted octanol–water partition coefficient (Wildman–Crippen LogP) is 3.24. The van der Waals surface area contributed by atoms with E-state index in [2.05, 4.69) is 15.0 Å². The van der Waals surface area contributed by atoms with Crippen LogP contribution in [0.1, 0.15) is 12.7 Å². The minimum atomic E-state index is -1.37. The van der Waals surface area contributed by atoms with Gasteiger partial charge in [-0.3, -0.25) is 0 Å². The molecule has 0 radical (unpaired) electrons. The second kappa shape index (κ2) is 8.20. The minimum Gasteiger partial charge on any atom is -0.505 e. The van der Waals surface area contributed by atoms with Crippen LogP contribution in [0, 0.1) is 6.57 Å². The number of furan rings is 1. The second-order valence-electron chi connectivity index (χ2n) is 6.99. The van der Waals surface area contributed by atoms with Crippen molar-refractivity contribution < 1.29 is 23.9 Å². The zero-order chi connectivity index (χ0) is 22.0. The molecule has 2 heterocycles. The van der Waals surface area contributed by atoms with E-state index in [0.717, 1.165) is 0 Å². The zero-order valence-corrected chi connectivity index (χ0v) is 16.7. The van der Waals surface area contributed by atoms with Crippen molar-refractivity contribution in [1.29, 1.82) is 0 Å². The Kier molecular flexibility index (Phi) is 5.44. The highest BCUT2D eigenvalue weighted by molar-refractivity contribution is 5.83. The molecule has 158 valence electrons. The Morgan fingerprint density at radius 3 is 2.61 bits per heavy atom. The van der Waals surface area contributed by atoms with Gasteiger partial charge in [-0.1, -0.05) is 5.16 Å². The summed E-state index contributed by atoms with van der Waals surface area (Å²) < 4.78 is 16.5. The third-order valence-corrected chi connectivity index (χ3v) is 4.88. The summed E-state index contributed by atoms with van der Waals surface area (Å²) in [6.45, 7) is 8.74. The summed E-state index contributed by atoms with van der Waals surface area (Å²) in [4.78, 5) is 7.93. The number of rotatable bonds is 7. The molecular formula is C22H20N4O5. The predicted molar refractivity (Wildman–Crippen MR) is 112 cm³/mol. The molecule has 0 aliphatic carbocycles. The van der Waals surface area contributed by atoms with Crippen LogP contribution >= 0.6 is 0 Å². The number of nitrogens with zero attached hydrogens (tertiary/aromatic N) is 3. The van der Waals surface area contributed by atoms with Crippen molar-refractivity contribution in [2.45, 2.75) is 12.5 Å². The normalized spacial score (nSPS) is 11.6. The molecule has 0 fully saturated rings. The van der Waals surface area contributed by atoms with Crippen molar-refractivity contribution in [1.82, 2.24) is 10.1 Å². The van der Waals surface area contributed by atoms with Gasteiger partial charge in [0.2, 0.25) is 11.5 Å². The number of nitrogens with two attached hydrogens (primary N) is 1. The molecule has 0 saturated carbocycles. The maximum absolute atomic E-state index is 9.49. The lowest BCUT2D eigenvalue weighted by atomic mass is 10.00. The van der Waals surface area contributed by atoms with Gasteiger partial charge < -0.3 is 29.6 Å². The van der Waals surface area contributed by atoms with Crippen molar-refractivity contribution in [2.24, 2.45) is 5.73 Å². The molecule has 0 spiro atoms. The Morgan fingerprint density at radius 2 is 1.90 bits per heavy atom. The molecule has 0 bridgehead atoms. The van der Waals surface area contributed by atoms with E-state index >= 15 is 0 Å². The van der Waals surface area contributed by atoms with Crippen LogP contribution in [0.4, 0.5) is 5.69 Å². The molecule has 0 aliphatic rings. The maximum Gasteiger partial charge on any atom is 0.256 e. The van der Waals surface area contributed by atoms with Crippen molar-refractivity contribution in [2.75, 3.05) is 19.8 Å². The number of aliphatic hydroxyl groups is 2. The molecule has 0 atom stereocenters. The first kappa shape index (κ1) is 20.6. The molecule has 0 unspecified atom stereocenters. The molecule has 4 aromatic rings. The average Bonchev–Trinajstić information content (AvgIpc) is 3.46. The van der Waals surface area contributed by atoms with Crippen LogP contribution in [0.15, 0.2) is 51.4 Å². The lowest BCUT2D eigenvalue weighted by Gasteiger charge is -2.21. The summed E-state index contributed by atoms with van der Waals surface area (Å²) in [7, 11) is 0. The summed E-state index contributed by atoms with van der Waals surface area (Å²) >= 11 is 0. The van der Waals surface area contributed by atoms with Crippen LogP contribution in [0.3, 0.4) is 0 Å². The second-order valence-corrected chi connectivity index (χ2v) is 6.99. The fourth-order valence-electron chi connectivity index (χ4n) is 3.11. The van der Waals surface area contributed by atoms with Gasteiger partial charge in [0.25, 0.3) is 5.89 Å². The first-order valence-electron chi connectivity index (χ1n) is 9.54. The smallest absolute Gasteiger partial charge is 0.256 e. The lowest BCUT2D eigenvalue weighted by Crippen LogP contribution is -2.43. The van der Waals surface area contributed by atoms with Gasteiger partial charge in [-0.05, 0) is 49.4 Å². The molecular weight excluding hydrogens is 400 g/mol. The van der Waals surface area contributed by atoms with Gasteiger partial charge in [-0.15, -0.1) is 0 Å². The van der Waals surface area contributed by atoms with Gasteiger partial charge in [-0.2, -0.15) is 4.98 Å². The molecule has 4 rings (SSSR count). The van der Waals surface area contributed by atoms with Crippen LogP contribution in [-0.2, 0) is 5.54 Å². The molecule has 0 saturated heterocycles. The highest BCUT2D eigenvalue weighted by Crippen LogP contribution is 2.34. The third kappa shape index (κ3) is 3.75. The van der Waals surface area contributed by atoms with Crippen molar-refractivity contribution in [3.8, 4) is 28.6 Å². The Bertz CT molecular complexity index is 1270. The van der Waals surface area contributed by atoms with Gasteiger partial charge in [-0.25, -0.2) is 4.85 Å². The first-order chi connectivity index (χ1) is 15.0. The largest absolute Gasteiger partial charge is 0.505 e. The Hall–Kier alpha value is -3.71. The fourth-order valence-corrected chi connectivity index (χ4v) is 3.11. The quantitative estimate of drug-likeness (QED) is 0.388. The molecule has 2 aromatic heterocycles. The van der Waals surface area contributed by atoms with E-state index in [0.29, 0.717) is 46.0 Å². The number of ether oxygens (including phenoxy) is 1. The van der Waals surface area contributed by atoms with Crippen molar-refractivity contribution in [3.05, 3.63) is 59.6 Å². The standard InChI is InChI=1S/C22H20N4O5/c1-3-29-18-7-5-14(9-16(18)24-2)21-25-20(26-31-21)13-4-6-17-15(8-13)10-19(30-17)22(23,11-27)12-28/h4-10,27-28H,3,11-12,23H2,1H3. The Balaban J connectivity index is 1.67. The topological polar surface area (TPSA) is 132 Å². The van der Waals surface area contributed by atoms with Gasteiger partial charge in [0.05, 0.1) is 26.4 Å². The Morgan fingerprint density at radius 1 is 1.13 bits per heavy atom. The SMILES string of the molecule is [C-]#[N+]c1cc(-c2nc(-c3ccc4oc(C(N)(CO)CO)cc4c3)no2)ccc1OCC. The van der Waals surface area contributed by atoms with E-state index in [1.807, 2.05) is 6.92 Å². The number of hydrogen-bond donors (Lipinski definition) is 3. The van der Waals surface area contributed by atoms with Crippen LogP contribution < -0.4 is 10.5 Å².